The molecule has 0 saturated carbocycles. The lowest BCUT2D eigenvalue weighted by molar-refractivity contribution is -0.127. The number of rotatable bonds is 5. The molecule has 0 saturated heterocycles. The van der Waals surface area contributed by atoms with E-state index in [0.29, 0.717) is 30.3 Å². The molecule has 2 atom stereocenters. The number of ether oxygens (including phenoxy) is 2. The molecule has 144 valence electrons. The molecule has 2 aromatic rings. The zero-order valence-electron chi connectivity index (χ0n) is 15.7. The normalized spacial score (nSPS) is 15.7. The molecule has 27 heavy (non-hydrogen) atoms. The Morgan fingerprint density at radius 2 is 1.85 bits per heavy atom. The first-order chi connectivity index (χ1) is 12.8. The van der Waals surface area contributed by atoms with Crippen molar-refractivity contribution >= 4 is 5.91 Å². The van der Waals surface area contributed by atoms with Gasteiger partial charge in [0.25, 0.3) is 0 Å². The summed E-state index contributed by atoms with van der Waals surface area (Å²) in [7, 11) is 0. The molecule has 2 aromatic carbocycles. The largest absolute Gasteiger partial charge is 0.486 e. The zero-order chi connectivity index (χ0) is 19.6. The van der Waals surface area contributed by atoms with Crippen LogP contribution in [0.1, 0.15) is 38.0 Å². The molecular weight excluding hydrogens is 349 g/mol. The summed E-state index contributed by atoms with van der Waals surface area (Å²) < 4.78 is 24.5. The highest BCUT2D eigenvalue weighted by atomic mass is 19.1. The maximum Gasteiger partial charge on any atom is 0.230 e. The van der Waals surface area contributed by atoms with Crippen LogP contribution in [0, 0.1) is 5.82 Å². The van der Waals surface area contributed by atoms with Crippen LogP contribution < -0.4 is 14.8 Å². The van der Waals surface area contributed by atoms with Gasteiger partial charge in [-0.05, 0) is 56.2 Å². The Hall–Kier alpha value is -2.60. The Morgan fingerprint density at radius 3 is 2.56 bits per heavy atom. The number of aliphatic hydroxyl groups is 1. The monoisotopic (exact) mass is 373 g/mol. The average Bonchev–Trinajstić information content (AvgIpc) is 2.66. The third-order valence-corrected chi connectivity index (χ3v) is 4.85. The molecule has 1 aliphatic rings. The second-order valence-electron chi connectivity index (χ2n) is 7.25. The van der Waals surface area contributed by atoms with Crippen molar-refractivity contribution in [1.82, 2.24) is 5.32 Å². The third kappa shape index (κ3) is 4.06. The first-order valence-corrected chi connectivity index (χ1v) is 8.93. The van der Waals surface area contributed by atoms with Crippen LogP contribution in [-0.2, 0) is 10.2 Å². The number of aliphatic hydroxyl groups excluding tert-OH is 1. The van der Waals surface area contributed by atoms with E-state index in [1.165, 1.54) is 18.2 Å². The van der Waals surface area contributed by atoms with Crippen LogP contribution >= 0.6 is 0 Å². The molecule has 1 aliphatic heterocycles. The predicted octanol–water partition coefficient (Wildman–Crippen LogP) is 3.11. The van der Waals surface area contributed by atoms with E-state index < -0.39 is 23.4 Å². The zero-order valence-corrected chi connectivity index (χ0v) is 15.7. The number of hydrogen-bond acceptors (Lipinski definition) is 4. The van der Waals surface area contributed by atoms with Crippen molar-refractivity contribution in [1.29, 1.82) is 0 Å². The maximum atomic E-state index is 13.4. The number of hydrogen-bond donors (Lipinski definition) is 2. The van der Waals surface area contributed by atoms with Crippen LogP contribution in [0.2, 0.25) is 0 Å². The van der Waals surface area contributed by atoms with Gasteiger partial charge in [0.15, 0.2) is 11.5 Å². The Morgan fingerprint density at radius 1 is 1.15 bits per heavy atom. The van der Waals surface area contributed by atoms with Gasteiger partial charge in [0, 0.05) is 0 Å². The molecule has 6 heteroatoms. The minimum Gasteiger partial charge on any atom is -0.486 e. The minimum atomic E-state index is -1.01. The van der Waals surface area contributed by atoms with Crippen molar-refractivity contribution in [2.45, 2.75) is 38.3 Å². The second kappa shape index (κ2) is 7.56. The number of amides is 1. The maximum absolute atomic E-state index is 13.4. The molecule has 0 aromatic heterocycles. The van der Waals surface area contributed by atoms with Gasteiger partial charge in [-0.3, -0.25) is 4.79 Å². The number of fused-ring (bicyclic) bond motifs is 1. The van der Waals surface area contributed by atoms with Gasteiger partial charge in [-0.1, -0.05) is 18.2 Å². The van der Waals surface area contributed by atoms with E-state index >= 15 is 0 Å². The van der Waals surface area contributed by atoms with E-state index in [1.807, 2.05) is 12.1 Å². The summed E-state index contributed by atoms with van der Waals surface area (Å²) in [6.07, 6.45) is -1.01. The van der Waals surface area contributed by atoms with Crippen LogP contribution in [0.5, 0.6) is 11.5 Å². The Kier molecular flexibility index (Phi) is 5.37. The summed E-state index contributed by atoms with van der Waals surface area (Å²) in [5.74, 6) is 0.604. The van der Waals surface area contributed by atoms with Crippen LogP contribution in [-0.4, -0.2) is 30.3 Å². The van der Waals surface area contributed by atoms with Crippen LogP contribution in [0.15, 0.2) is 42.5 Å². The SMILES string of the molecule is C[C@H](NC(=O)C(C)(C)c1ccc2c(c1)OCCO2)[C@H](O)c1cccc(F)c1. The molecule has 1 amide bonds. The summed E-state index contributed by atoms with van der Waals surface area (Å²) in [6, 6.07) is 10.6. The summed E-state index contributed by atoms with van der Waals surface area (Å²) in [4.78, 5) is 12.9. The van der Waals surface area contributed by atoms with Gasteiger partial charge < -0.3 is 19.9 Å². The lowest BCUT2D eigenvalue weighted by atomic mass is 9.83. The van der Waals surface area contributed by atoms with E-state index in [9.17, 15) is 14.3 Å². The van der Waals surface area contributed by atoms with E-state index in [1.54, 1.807) is 32.9 Å². The van der Waals surface area contributed by atoms with Crippen molar-refractivity contribution in [3.8, 4) is 11.5 Å². The fourth-order valence-corrected chi connectivity index (χ4v) is 3.01. The topological polar surface area (TPSA) is 67.8 Å². The third-order valence-electron chi connectivity index (χ3n) is 4.85. The van der Waals surface area contributed by atoms with E-state index in [4.69, 9.17) is 9.47 Å². The predicted molar refractivity (Wildman–Crippen MR) is 99.4 cm³/mol. The van der Waals surface area contributed by atoms with Crippen molar-refractivity contribution in [2.24, 2.45) is 0 Å². The number of nitrogens with one attached hydrogen (secondary N) is 1. The first-order valence-electron chi connectivity index (χ1n) is 8.93. The molecule has 0 unspecified atom stereocenters. The molecule has 0 bridgehead atoms. The van der Waals surface area contributed by atoms with Crippen LogP contribution in [0.4, 0.5) is 4.39 Å². The van der Waals surface area contributed by atoms with Gasteiger partial charge in [0.2, 0.25) is 5.91 Å². The number of carbonyl (C=O) groups is 1. The average molecular weight is 373 g/mol. The molecule has 0 aliphatic carbocycles. The van der Waals surface area contributed by atoms with Crippen molar-refractivity contribution in [3.63, 3.8) is 0 Å². The Labute approximate surface area is 158 Å². The highest BCUT2D eigenvalue weighted by Crippen LogP contribution is 2.35. The summed E-state index contributed by atoms with van der Waals surface area (Å²) >= 11 is 0. The van der Waals surface area contributed by atoms with Gasteiger partial charge in [0.1, 0.15) is 19.0 Å². The number of halogens is 1. The van der Waals surface area contributed by atoms with E-state index in [2.05, 4.69) is 5.32 Å². The van der Waals surface area contributed by atoms with Gasteiger partial charge in [0.05, 0.1) is 17.6 Å². The van der Waals surface area contributed by atoms with E-state index in [0.717, 1.165) is 5.56 Å². The first kappa shape index (κ1) is 19.2. The number of benzene rings is 2. The highest BCUT2D eigenvalue weighted by molar-refractivity contribution is 5.87. The molecule has 1 heterocycles. The van der Waals surface area contributed by atoms with Crippen molar-refractivity contribution in [2.75, 3.05) is 13.2 Å². The minimum absolute atomic E-state index is 0.248. The highest BCUT2D eigenvalue weighted by Gasteiger charge is 2.33. The molecule has 5 nitrogen and oxygen atoms in total. The molecular formula is C21H24FNO4. The number of carbonyl (C=O) groups excluding carboxylic acids is 1. The fraction of sp³-hybridized carbons (Fsp3) is 0.381. The van der Waals surface area contributed by atoms with E-state index in [-0.39, 0.29) is 5.91 Å². The molecule has 0 spiro atoms. The Bertz CT molecular complexity index is 837. The summed E-state index contributed by atoms with van der Waals surface area (Å²) in [5.41, 5.74) is 0.336. The standard InChI is InChI=1S/C21H24FNO4/c1-13(19(24)14-5-4-6-16(22)11-14)23-20(25)21(2,3)15-7-8-17-18(12-15)27-10-9-26-17/h4-8,11-13,19,24H,9-10H2,1-3H3,(H,23,25)/t13-,19-/m0/s1. The second-order valence-corrected chi connectivity index (χ2v) is 7.25. The van der Waals surface area contributed by atoms with Crippen molar-refractivity contribution < 1.29 is 23.8 Å². The summed E-state index contributed by atoms with van der Waals surface area (Å²) in [6.45, 7) is 6.27. The Balaban J connectivity index is 1.74. The van der Waals surface area contributed by atoms with Crippen LogP contribution in [0.3, 0.4) is 0 Å². The molecule has 3 rings (SSSR count). The smallest absolute Gasteiger partial charge is 0.230 e. The van der Waals surface area contributed by atoms with Gasteiger partial charge in [-0.15, -0.1) is 0 Å². The molecule has 2 N–H and O–H groups in total. The van der Waals surface area contributed by atoms with Crippen molar-refractivity contribution in [3.05, 3.63) is 59.4 Å². The lowest BCUT2D eigenvalue weighted by Gasteiger charge is -2.29. The van der Waals surface area contributed by atoms with Gasteiger partial charge >= 0.3 is 0 Å². The lowest BCUT2D eigenvalue weighted by Crippen LogP contribution is -2.46. The quantitative estimate of drug-likeness (QED) is 0.845. The van der Waals surface area contributed by atoms with Crippen LogP contribution in [0.25, 0.3) is 0 Å². The fourth-order valence-electron chi connectivity index (χ4n) is 3.01. The van der Waals surface area contributed by atoms with Gasteiger partial charge in [-0.25, -0.2) is 4.39 Å². The molecule has 0 radical (unpaired) electrons. The summed E-state index contributed by atoms with van der Waals surface area (Å²) in [5, 5.41) is 13.3. The van der Waals surface area contributed by atoms with Gasteiger partial charge in [-0.2, -0.15) is 0 Å². The molecule has 0 fully saturated rings.